The minimum absolute atomic E-state index is 0. The summed E-state index contributed by atoms with van der Waals surface area (Å²) < 4.78 is 5.43. The van der Waals surface area contributed by atoms with Crippen LogP contribution >= 0.6 is 12.4 Å². The van der Waals surface area contributed by atoms with Crippen LogP contribution in [0.4, 0.5) is 0 Å². The van der Waals surface area contributed by atoms with E-state index in [0.717, 1.165) is 30.9 Å². The molecule has 7 heteroatoms. The Hall–Kier alpha value is -1.24. The number of aromatic nitrogens is 2. The lowest BCUT2D eigenvalue weighted by atomic mass is 9.95. The van der Waals surface area contributed by atoms with Gasteiger partial charge >= 0.3 is 0 Å². The molecule has 2 heterocycles. The first-order valence-corrected chi connectivity index (χ1v) is 8.19. The summed E-state index contributed by atoms with van der Waals surface area (Å²) in [6, 6.07) is 0. The van der Waals surface area contributed by atoms with Crippen LogP contribution < -0.4 is 10.6 Å². The average Bonchev–Trinajstić information content (AvgIpc) is 2.56. The van der Waals surface area contributed by atoms with E-state index >= 15 is 0 Å². The fraction of sp³-hybridized carbons (Fsp3) is 0.688. The van der Waals surface area contributed by atoms with Crippen LogP contribution in [0.2, 0.25) is 0 Å². The average molecular weight is 341 g/mol. The molecule has 1 aromatic heterocycles. The fourth-order valence-corrected chi connectivity index (χ4v) is 3.10. The molecule has 1 unspecified atom stereocenters. The van der Waals surface area contributed by atoms with E-state index in [1.165, 1.54) is 24.1 Å². The Morgan fingerprint density at radius 2 is 2.17 bits per heavy atom. The number of aryl methyl sites for hydroxylation is 2. The van der Waals surface area contributed by atoms with Crippen molar-refractivity contribution >= 4 is 18.3 Å². The van der Waals surface area contributed by atoms with E-state index in [1.54, 1.807) is 0 Å². The van der Waals surface area contributed by atoms with Crippen molar-refractivity contribution in [2.24, 2.45) is 0 Å². The first-order valence-electron chi connectivity index (χ1n) is 8.19. The van der Waals surface area contributed by atoms with Gasteiger partial charge in [-0.15, -0.1) is 12.4 Å². The van der Waals surface area contributed by atoms with E-state index in [1.807, 2.05) is 0 Å². The van der Waals surface area contributed by atoms with Crippen molar-refractivity contribution in [1.29, 1.82) is 0 Å². The Morgan fingerprint density at radius 3 is 2.96 bits per heavy atom. The van der Waals surface area contributed by atoms with Gasteiger partial charge in [0, 0.05) is 37.4 Å². The van der Waals surface area contributed by atoms with Crippen LogP contribution in [0, 0.1) is 6.92 Å². The zero-order chi connectivity index (χ0) is 15.4. The van der Waals surface area contributed by atoms with Crippen molar-refractivity contribution in [2.45, 2.75) is 45.1 Å². The van der Waals surface area contributed by atoms with Crippen LogP contribution in [0.25, 0.3) is 0 Å². The molecular weight excluding hydrogens is 316 g/mol. The first kappa shape index (κ1) is 18.1. The second-order valence-corrected chi connectivity index (χ2v) is 5.96. The molecule has 0 aromatic carbocycles. The number of halogens is 1. The zero-order valence-corrected chi connectivity index (χ0v) is 14.4. The minimum Gasteiger partial charge on any atom is -0.366 e. The van der Waals surface area contributed by atoms with Crippen molar-refractivity contribution in [2.75, 3.05) is 26.2 Å². The highest BCUT2D eigenvalue weighted by Gasteiger charge is 2.21. The number of carbonyl (C=O) groups is 1. The third-order valence-electron chi connectivity index (χ3n) is 4.30. The minimum atomic E-state index is -0.375. The largest absolute Gasteiger partial charge is 0.366 e. The highest BCUT2D eigenvalue weighted by molar-refractivity contribution is 5.85. The number of carbonyl (C=O) groups excluding carboxylic acids is 1. The van der Waals surface area contributed by atoms with Crippen LogP contribution in [-0.2, 0) is 28.8 Å². The van der Waals surface area contributed by atoms with Gasteiger partial charge in [-0.2, -0.15) is 0 Å². The molecule has 1 aromatic rings. The first-order chi connectivity index (χ1) is 10.7. The molecule has 0 radical (unpaired) electrons. The molecule has 6 nitrogen and oxygen atoms in total. The summed E-state index contributed by atoms with van der Waals surface area (Å²) in [5.41, 5.74) is 3.64. The Balaban J connectivity index is 0.00000192. The van der Waals surface area contributed by atoms with Crippen LogP contribution in [-0.4, -0.2) is 48.2 Å². The monoisotopic (exact) mass is 340 g/mol. The lowest BCUT2D eigenvalue weighted by Gasteiger charge is -2.22. The lowest BCUT2D eigenvalue weighted by molar-refractivity contribution is -0.134. The molecule has 0 spiro atoms. The smallest absolute Gasteiger partial charge is 0.250 e. The fourth-order valence-electron chi connectivity index (χ4n) is 3.10. The molecule has 3 rings (SSSR count). The van der Waals surface area contributed by atoms with Crippen molar-refractivity contribution in [1.82, 2.24) is 20.6 Å². The van der Waals surface area contributed by atoms with Crippen LogP contribution in [0.3, 0.4) is 0 Å². The molecule has 128 valence electrons. The normalized spacial score (nSPS) is 20.3. The predicted molar refractivity (Wildman–Crippen MR) is 90.0 cm³/mol. The van der Waals surface area contributed by atoms with Gasteiger partial charge in [-0.05, 0) is 38.2 Å². The summed E-state index contributed by atoms with van der Waals surface area (Å²) in [5.74, 6) is 0.781. The van der Waals surface area contributed by atoms with Gasteiger partial charge < -0.3 is 15.4 Å². The number of fused-ring (bicyclic) bond motifs is 1. The Bertz CT molecular complexity index is 547. The maximum Gasteiger partial charge on any atom is 0.250 e. The molecule has 23 heavy (non-hydrogen) atoms. The standard InChI is InChI=1S/C16H24N4O2.ClH/c1-11-12-4-2-3-5-13(12)20-15(19-11)6-7-18-16(21)14-10-17-8-9-22-14;/h14,17H,2-10H2,1H3,(H,18,21);1H. The third kappa shape index (κ3) is 4.62. The SMILES string of the molecule is Cc1nc(CCNC(=O)C2CNCCO2)nc2c1CCCC2.Cl. The van der Waals surface area contributed by atoms with Gasteiger partial charge in [-0.3, -0.25) is 4.79 Å². The number of amides is 1. The van der Waals surface area contributed by atoms with Gasteiger partial charge in [0.05, 0.1) is 6.61 Å². The number of hydrogen-bond donors (Lipinski definition) is 2. The van der Waals surface area contributed by atoms with Gasteiger partial charge in [-0.1, -0.05) is 0 Å². The van der Waals surface area contributed by atoms with Crippen molar-refractivity contribution in [3.63, 3.8) is 0 Å². The van der Waals surface area contributed by atoms with Crippen molar-refractivity contribution < 1.29 is 9.53 Å². The summed E-state index contributed by atoms with van der Waals surface area (Å²) in [4.78, 5) is 21.2. The van der Waals surface area contributed by atoms with Crippen LogP contribution in [0.15, 0.2) is 0 Å². The van der Waals surface area contributed by atoms with Crippen molar-refractivity contribution in [3.8, 4) is 0 Å². The van der Waals surface area contributed by atoms with E-state index in [9.17, 15) is 4.79 Å². The van der Waals surface area contributed by atoms with Crippen LogP contribution in [0.5, 0.6) is 0 Å². The van der Waals surface area contributed by atoms with E-state index in [0.29, 0.717) is 26.1 Å². The lowest BCUT2D eigenvalue weighted by Crippen LogP contribution is -2.48. The molecule has 1 fully saturated rings. The number of ether oxygens (including phenoxy) is 1. The summed E-state index contributed by atoms with van der Waals surface area (Å²) in [6.45, 7) is 4.60. The maximum absolute atomic E-state index is 12.0. The van der Waals surface area contributed by atoms with Gasteiger partial charge in [0.2, 0.25) is 5.91 Å². The summed E-state index contributed by atoms with van der Waals surface area (Å²) >= 11 is 0. The molecule has 1 aliphatic carbocycles. The Kier molecular flexibility index (Phi) is 6.74. The highest BCUT2D eigenvalue weighted by Crippen LogP contribution is 2.21. The second kappa shape index (κ2) is 8.57. The zero-order valence-electron chi connectivity index (χ0n) is 13.6. The number of nitrogens with zero attached hydrogens (tertiary/aromatic N) is 2. The number of rotatable bonds is 4. The van der Waals surface area contributed by atoms with E-state index < -0.39 is 0 Å². The Labute approximate surface area is 143 Å². The number of hydrogen-bond acceptors (Lipinski definition) is 5. The van der Waals surface area contributed by atoms with Crippen LogP contribution in [0.1, 0.15) is 35.6 Å². The van der Waals surface area contributed by atoms with E-state index in [4.69, 9.17) is 4.74 Å². The topological polar surface area (TPSA) is 76.1 Å². The molecule has 1 saturated heterocycles. The van der Waals surface area contributed by atoms with Gasteiger partial charge in [-0.25, -0.2) is 9.97 Å². The summed E-state index contributed by atoms with van der Waals surface area (Å²) in [7, 11) is 0. The van der Waals surface area contributed by atoms with Gasteiger partial charge in [0.1, 0.15) is 11.9 Å². The van der Waals surface area contributed by atoms with E-state index in [-0.39, 0.29) is 24.4 Å². The van der Waals surface area contributed by atoms with Gasteiger partial charge in [0.15, 0.2) is 0 Å². The molecule has 0 bridgehead atoms. The maximum atomic E-state index is 12.0. The Morgan fingerprint density at radius 1 is 1.35 bits per heavy atom. The molecule has 1 amide bonds. The third-order valence-corrected chi connectivity index (χ3v) is 4.30. The molecule has 1 aliphatic heterocycles. The summed E-state index contributed by atoms with van der Waals surface area (Å²) in [6.07, 6.45) is 4.90. The highest BCUT2D eigenvalue weighted by atomic mass is 35.5. The number of morpholine rings is 1. The predicted octanol–water partition coefficient (Wildman–Crippen LogP) is 0.733. The molecule has 0 saturated carbocycles. The molecule has 2 N–H and O–H groups in total. The molecule has 1 atom stereocenters. The molecule has 2 aliphatic rings. The van der Waals surface area contributed by atoms with E-state index in [2.05, 4.69) is 27.5 Å². The van der Waals surface area contributed by atoms with Gasteiger partial charge in [0.25, 0.3) is 0 Å². The number of nitrogens with one attached hydrogen (secondary N) is 2. The summed E-state index contributed by atoms with van der Waals surface area (Å²) in [5, 5.41) is 6.07. The quantitative estimate of drug-likeness (QED) is 0.845. The molecular formula is C16H25ClN4O2. The van der Waals surface area contributed by atoms with Crippen molar-refractivity contribution in [3.05, 3.63) is 22.8 Å². The second-order valence-electron chi connectivity index (χ2n) is 5.96.